The minimum absolute atomic E-state index is 1.03. The Morgan fingerprint density at radius 3 is 2.38 bits per heavy atom. The summed E-state index contributed by atoms with van der Waals surface area (Å²) in [5.74, 6) is 1.10. The van der Waals surface area contributed by atoms with Gasteiger partial charge in [-0.2, -0.15) is 0 Å². The predicted octanol–water partition coefficient (Wildman–Crippen LogP) is 4.16. The maximum absolute atomic E-state index is 4.55. The van der Waals surface area contributed by atoms with Gasteiger partial charge in [-0.15, -0.1) is 0 Å². The van der Waals surface area contributed by atoms with Crippen LogP contribution in [0, 0.1) is 13.8 Å². The molecule has 0 aliphatic heterocycles. The van der Waals surface area contributed by atoms with E-state index >= 15 is 0 Å². The van der Waals surface area contributed by atoms with Gasteiger partial charge in [0.2, 0.25) is 0 Å². The van der Waals surface area contributed by atoms with Crippen molar-refractivity contribution in [2.24, 2.45) is 0 Å². The van der Waals surface area contributed by atoms with Crippen LogP contribution in [0.3, 0.4) is 0 Å². The highest BCUT2D eigenvalue weighted by molar-refractivity contribution is 5.77. The van der Waals surface area contributed by atoms with Gasteiger partial charge in [0.25, 0.3) is 0 Å². The normalized spacial score (nSPS) is 10.1. The van der Waals surface area contributed by atoms with Crippen molar-refractivity contribution < 1.29 is 0 Å². The van der Waals surface area contributed by atoms with Crippen LogP contribution < -0.4 is 0 Å². The fourth-order valence-corrected chi connectivity index (χ4v) is 1.68. The van der Waals surface area contributed by atoms with Gasteiger partial charge in [0.15, 0.2) is 0 Å². The molecule has 0 saturated carbocycles. The van der Waals surface area contributed by atoms with E-state index in [2.05, 4.69) is 42.9 Å². The topological polar surface area (TPSA) is 28.7 Å². The highest BCUT2D eigenvalue weighted by Gasteiger charge is 2.03. The number of imidazole rings is 1. The van der Waals surface area contributed by atoms with E-state index in [9.17, 15) is 0 Å². The van der Waals surface area contributed by atoms with Crippen LogP contribution in [-0.2, 0) is 6.42 Å². The second-order valence-corrected chi connectivity index (χ2v) is 3.89. The lowest BCUT2D eigenvalue weighted by atomic mass is 10.1. The van der Waals surface area contributed by atoms with Gasteiger partial charge in [-0.3, -0.25) is 0 Å². The molecule has 0 saturated heterocycles. The van der Waals surface area contributed by atoms with Gasteiger partial charge in [0.1, 0.15) is 5.82 Å². The van der Waals surface area contributed by atoms with Crippen molar-refractivity contribution in [1.29, 1.82) is 0 Å². The molecule has 1 aromatic carbocycles. The minimum Gasteiger partial charge on any atom is -0.342 e. The average Bonchev–Trinajstić information content (AvgIpc) is 2.64. The molecular weight excluding hydrogens is 196 g/mol. The van der Waals surface area contributed by atoms with E-state index in [1.165, 1.54) is 11.1 Å². The molecule has 0 atom stereocenters. The van der Waals surface area contributed by atoms with E-state index in [0.29, 0.717) is 0 Å². The Labute approximate surface area is 98.1 Å². The van der Waals surface area contributed by atoms with Gasteiger partial charge in [-0.1, -0.05) is 20.8 Å². The van der Waals surface area contributed by atoms with Crippen LogP contribution >= 0.6 is 0 Å². The molecule has 0 aliphatic rings. The summed E-state index contributed by atoms with van der Waals surface area (Å²) < 4.78 is 0. The summed E-state index contributed by atoms with van der Waals surface area (Å²) in [6, 6.07) is 4.33. The lowest BCUT2D eigenvalue weighted by Gasteiger charge is -1.97. The van der Waals surface area contributed by atoms with E-state index in [1.807, 2.05) is 13.8 Å². The number of aromatic amines is 1. The van der Waals surface area contributed by atoms with Gasteiger partial charge >= 0.3 is 0 Å². The Morgan fingerprint density at radius 1 is 1.12 bits per heavy atom. The van der Waals surface area contributed by atoms with E-state index in [0.717, 1.165) is 29.7 Å². The molecule has 1 N–H and O–H groups in total. The smallest absolute Gasteiger partial charge is 0.107 e. The molecular formula is C14H22N2. The molecule has 0 radical (unpaired) electrons. The zero-order valence-corrected chi connectivity index (χ0v) is 11.0. The molecule has 1 aromatic heterocycles. The van der Waals surface area contributed by atoms with Gasteiger partial charge < -0.3 is 4.98 Å². The largest absolute Gasteiger partial charge is 0.342 e. The van der Waals surface area contributed by atoms with E-state index in [1.54, 1.807) is 0 Å². The maximum Gasteiger partial charge on any atom is 0.107 e. The number of benzene rings is 1. The molecule has 0 aliphatic carbocycles. The number of fused-ring (bicyclic) bond motifs is 1. The van der Waals surface area contributed by atoms with Gasteiger partial charge in [-0.05, 0) is 43.5 Å². The first kappa shape index (κ1) is 12.8. The number of hydrogen-bond acceptors (Lipinski definition) is 1. The molecule has 0 fully saturated rings. The first-order valence-corrected chi connectivity index (χ1v) is 6.16. The van der Waals surface area contributed by atoms with E-state index in [4.69, 9.17) is 0 Å². The fourth-order valence-electron chi connectivity index (χ4n) is 1.68. The summed E-state index contributed by atoms with van der Waals surface area (Å²) in [4.78, 5) is 7.90. The highest BCUT2D eigenvalue weighted by Crippen LogP contribution is 2.17. The molecule has 16 heavy (non-hydrogen) atoms. The third-order valence-corrected chi connectivity index (χ3v) is 2.63. The molecule has 2 nitrogen and oxygen atoms in total. The average molecular weight is 218 g/mol. The van der Waals surface area contributed by atoms with Crippen molar-refractivity contribution in [2.45, 2.75) is 47.5 Å². The second-order valence-electron chi connectivity index (χ2n) is 3.89. The molecule has 2 rings (SSSR count). The Balaban J connectivity index is 0.000000606. The number of hydrogen-bond donors (Lipinski definition) is 1. The zero-order valence-electron chi connectivity index (χ0n) is 11.0. The zero-order chi connectivity index (χ0) is 12.1. The number of nitrogens with zero attached hydrogens (tertiary/aromatic N) is 1. The van der Waals surface area contributed by atoms with Crippen molar-refractivity contribution in [1.82, 2.24) is 9.97 Å². The van der Waals surface area contributed by atoms with Crippen LogP contribution in [0.4, 0.5) is 0 Å². The van der Waals surface area contributed by atoms with Gasteiger partial charge in [0, 0.05) is 6.42 Å². The molecule has 88 valence electrons. The van der Waals surface area contributed by atoms with E-state index < -0.39 is 0 Å². The Hall–Kier alpha value is -1.31. The fraction of sp³-hybridized carbons (Fsp3) is 0.500. The maximum atomic E-state index is 4.55. The Morgan fingerprint density at radius 2 is 1.75 bits per heavy atom. The van der Waals surface area contributed by atoms with Crippen molar-refractivity contribution in [2.75, 3.05) is 0 Å². The molecule has 0 bridgehead atoms. The molecule has 0 amide bonds. The number of aryl methyl sites for hydroxylation is 3. The summed E-state index contributed by atoms with van der Waals surface area (Å²) in [6.45, 7) is 10.4. The van der Waals surface area contributed by atoms with Crippen LogP contribution in [0.25, 0.3) is 11.0 Å². The van der Waals surface area contributed by atoms with Crippen LogP contribution in [0.1, 0.15) is 44.1 Å². The first-order chi connectivity index (χ1) is 7.70. The number of nitrogens with one attached hydrogen (secondary N) is 1. The minimum atomic E-state index is 1.03. The van der Waals surface area contributed by atoms with Crippen LogP contribution in [0.5, 0.6) is 0 Å². The first-order valence-electron chi connectivity index (χ1n) is 6.16. The lowest BCUT2D eigenvalue weighted by molar-refractivity contribution is 0.861. The number of H-pyrrole nitrogens is 1. The van der Waals surface area contributed by atoms with E-state index in [-0.39, 0.29) is 0 Å². The van der Waals surface area contributed by atoms with Crippen LogP contribution in [0.15, 0.2) is 12.1 Å². The van der Waals surface area contributed by atoms with Crippen molar-refractivity contribution in [3.63, 3.8) is 0 Å². The lowest BCUT2D eigenvalue weighted by Crippen LogP contribution is -1.83. The van der Waals surface area contributed by atoms with Crippen LogP contribution in [-0.4, -0.2) is 9.97 Å². The number of rotatable bonds is 2. The Bertz CT molecular complexity index is 416. The van der Waals surface area contributed by atoms with Crippen molar-refractivity contribution in [3.8, 4) is 0 Å². The monoisotopic (exact) mass is 218 g/mol. The van der Waals surface area contributed by atoms with Gasteiger partial charge in [-0.25, -0.2) is 4.98 Å². The molecule has 2 heteroatoms. The Kier molecular flexibility index (Phi) is 4.53. The third kappa shape index (κ3) is 2.63. The molecule has 0 unspecified atom stereocenters. The number of aromatic nitrogens is 2. The summed E-state index contributed by atoms with van der Waals surface area (Å²) in [7, 11) is 0. The SMILES string of the molecule is CC.CCCc1nc2cc(C)c(C)cc2[nH]1. The quantitative estimate of drug-likeness (QED) is 0.805. The highest BCUT2D eigenvalue weighted by atomic mass is 14.9. The van der Waals surface area contributed by atoms with Crippen molar-refractivity contribution >= 4 is 11.0 Å². The van der Waals surface area contributed by atoms with Gasteiger partial charge in [0.05, 0.1) is 11.0 Å². The standard InChI is InChI=1S/C12H16N2.C2H6/c1-4-5-12-13-10-6-8(2)9(3)7-11(10)14-12;1-2/h6-7H,4-5H2,1-3H3,(H,13,14);1-2H3. The molecule has 1 heterocycles. The predicted molar refractivity (Wildman–Crippen MR) is 70.9 cm³/mol. The van der Waals surface area contributed by atoms with Crippen molar-refractivity contribution in [3.05, 3.63) is 29.1 Å². The summed E-state index contributed by atoms with van der Waals surface area (Å²) in [5.41, 5.74) is 4.89. The second kappa shape index (κ2) is 5.69. The summed E-state index contributed by atoms with van der Waals surface area (Å²) in [5, 5.41) is 0. The molecule has 2 aromatic rings. The summed E-state index contributed by atoms with van der Waals surface area (Å²) >= 11 is 0. The third-order valence-electron chi connectivity index (χ3n) is 2.63. The summed E-state index contributed by atoms with van der Waals surface area (Å²) in [6.07, 6.45) is 2.17. The molecule has 0 spiro atoms. The van der Waals surface area contributed by atoms with Crippen LogP contribution in [0.2, 0.25) is 0 Å².